The molecule has 0 aliphatic rings. The largest absolute Gasteiger partial charge is 0.573 e. The molecule has 2 aromatic rings. The Hall–Kier alpha value is -2.38. The van der Waals surface area contributed by atoms with Crippen LogP contribution in [0, 0.1) is 0 Å². The summed E-state index contributed by atoms with van der Waals surface area (Å²) in [6.07, 6.45) is -4.74. The van der Waals surface area contributed by atoms with E-state index in [1.54, 1.807) is 0 Å². The third-order valence-corrected chi connectivity index (χ3v) is 2.07. The predicted molar refractivity (Wildman–Crippen MR) is 56.4 cm³/mol. The Bertz CT molecular complexity index is 590. The molecule has 1 aromatic carbocycles. The van der Waals surface area contributed by atoms with Crippen molar-refractivity contribution in [2.24, 2.45) is 0 Å². The number of carbonyl (C=O) groups excluding carboxylic acids is 1. The molecule has 100 valence electrons. The van der Waals surface area contributed by atoms with Crippen molar-refractivity contribution in [3.8, 4) is 17.1 Å². The van der Waals surface area contributed by atoms with Gasteiger partial charge in [-0.25, -0.2) is 0 Å². The molecule has 1 aromatic heterocycles. The first kappa shape index (κ1) is 13.1. The fraction of sp³-hybridized carbons (Fsp3) is 0.182. The number of hydrogen-bond donors (Lipinski definition) is 0. The predicted octanol–water partition coefficient (Wildman–Crippen LogP) is 2.84. The number of Topliss-reactive ketones (excluding diaryl/α,β-unsaturated/α-hetero) is 1. The maximum Gasteiger partial charge on any atom is 0.573 e. The van der Waals surface area contributed by atoms with Crippen molar-refractivity contribution in [1.29, 1.82) is 0 Å². The summed E-state index contributed by atoms with van der Waals surface area (Å²) >= 11 is 0. The Morgan fingerprint density at radius 2 is 1.89 bits per heavy atom. The van der Waals surface area contributed by atoms with E-state index < -0.39 is 12.1 Å². The van der Waals surface area contributed by atoms with Gasteiger partial charge in [-0.05, 0) is 24.3 Å². The lowest BCUT2D eigenvalue weighted by molar-refractivity contribution is -0.274. The van der Waals surface area contributed by atoms with Gasteiger partial charge in [0.2, 0.25) is 11.6 Å². The van der Waals surface area contributed by atoms with E-state index in [0.29, 0.717) is 5.56 Å². The van der Waals surface area contributed by atoms with E-state index in [0.717, 1.165) is 12.1 Å². The van der Waals surface area contributed by atoms with Crippen molar-refractivity contribution in [2.45, 2.75) is 13.3 Å². The van der Waals surface area contributed by atoms with Crippen LogP contribution in [0.4, 0.5) is 13.2 Å². The van der Waals surface area contributed by atoms with Gasteiger partial charge in [-0.15, -0.1) is 13.2 Å². The molecule has 0 saturated carbocycles. The van der Waals surface area contributed by atoms with Crippen LogP contribution in [-0.4, -0.2) is 22.3 Å². The van der Waals surface area contributed by atoms with Crippen molar-refractivity contribution in [3.05, 3.63) is 30.2 Å². The van der Waals surface area contributed by atoms with Gasteiger partial charge in [0.15, 0.2) is 0 Å². The molecule has 0 spiro atoms. The van der Waals surface area contributed by atoms with Gasteiger partial charge in [0, 0.05) is 12.5 Å². The lowest BCUT2D eigenvalue weighted by atomic mass is 10.2. The number of ether oxygens (including phenoxy) is 1. The Kier molecular flexibility index (Phi) is 3.24. The number of carbonyl (C=O) groups is 1. The van der Waals surface area contributed by atoms with Crippen LogP contribution >= 0.6 is 0 Å². The topological polar surface area (TPSA) is 65.2 Å². The lowest BCUT2D eigenvalue weighted by Gasteiger charge is -2.08. The highest BCUT2D eigenvalue weighted by molar-refractivity contribution is 5.89. The van der Waals surface area contributed by atoms with Gasteiger partial charge in [-0.3, -0.25) is 4.79 Å². The first-order valence-corrected chi connectivity index (χ1v) is 5.06. The van der Waals surface area contributed by atoms with Gasteiger partial charge < -0.3 is 9.26 Å². The maximum atomic E-state index is 12.0. The third-order valence-electron chi connectivity index (χ3n) is 2.07. The molecule has 0 bridgehead atoms. The van der Waals surface area contributed by atoms with Crippen LogP contribution in [0.15, 0.2) is 28.8 Å². The summed E-state index contributed by atoms with van der Waals surface area (Å²) in [6, 6.07) is 4.89. The fourth-order valence-corrected chi connectivity index (χ4v) is 1.29. The molecule has 0 radical (unpaired) electrons. The van der Waals surface area contributed by atoms with Gasteiger partial charge in [0.05, 0.1) is 0 Å². The molecule has 8 heteroatoms. The van der Waals surface area contributed by atoms with E-state index in [1.165, 1.54) is 19.1 Å². The number of nitrogens with zero attached hydrogens (tertiary/aromatic N) is 2. The molecule has 0 saturated heterocycles. The summed E-state index contributed by atoms with van der Waals surface area (Å²) in [6.45, 7) is 1.26. The summed E-state index contributed by atoms with van der Waals surface area (Å²) in [5.74, 6) is -0.795. The molecule has 1 heterocycles. The zero-order valence-corrected chi connectivity index (χ0v) is 9.56. The molecular weight excluding hydrogens is 265 g/mol. The number of halogens is 3. The van der Waals surface area contributed by atoms with Crippen molar-refractivity contribution in [1.82, 2.24) is 10.1 Å². The van der Waals surface area contributed by atoms with E-state index in [-0.39, 0.29) is 17.5 Å². The molecule has 0 amide bonds. The normalized spacial score (nSPS) is 11.4. The summed E-state index contributed by atoms with van der Waals surface area (Å²) in [5, 5.41) is 3.54. The van der Waals surface area contributed by atoms with Crippen LogP contribution in [0.1, 0.15) is 17.6 Å². The lowest BCUT2D eigenvalue weighted by Crippen LogP contribution is -2.16. The molecule has 2 rings (SSSR count). The average molecular weight is 272 g/mol. The minimum absolute atomic E-state index is 0.115. The molecule has 0 unspecified atom stereocenters. The maximum absolute atomic E-state index is 12.0. The standard InChI is InChI=1S/C11H7F3N2O3/c1-6(17)10-15-9(16-19-10)7-2-4-8(5-3-7)18-11(12,13)14/h2-5H,1H3. The first-order chi connectivity index (χ1) is 8.85. The van der Waals surface area contributed by atoms with E-state index in [1.807, 2.05) is 0 Å². The van der Waals surface area contributed by atoms with Gasteiger partial charge in [-0.2, -0.15) is 4.98 Å². The van der Waals surface area contributed by atoms with Gasteiger partial charge in [-0.1, -0.05) is 5.16 Å². The molecular formula is C11H7F3N2O3. The molecule has 0 aliphatic carbocycles. The Morgan fingerprint density at radius 1 is 1.26 bits per heavy atom. The van der Waals surface area contributed by atoms with Crippen LogP contribution in [-0.2, 0) is 0 Å². The van der Waals surface area contributed by atoms with Gasteiger partial charge in [0.1, 0.15) is 5.75 Å². The van der Waals surface area contributed by atoms with Crippen molar-refractivity contribution >= 4 is 5.78 Å². The summed E-state index contributed by atoms with van der Waals surface area (Å²) in [5.41, 5.74) is 0.408. The Labute approximate surface area is 105 Å². The molecule has 19 heavy (non-hydrogen) atoms. The number of hydrogen-bond acceptors (Lipinski definition) is 5. The van der Waals surface area contributed by atoms with Crippen LogP contribution in [0.2, 0.25) is 0 Å². The number of rotatable bonds is 3. The Morgan fingerprint density at radius 3 is 2.37 bits per heavy atom. The number of aromatic nitrogens is 2. The van der Waals surface area contributed by atoms with Crippen LogP contribution in [0.25, 0.3) is 11.4 Å². The monoisotopic (exact) mass is 272 g/mol. The zero-order valence-electron chi connectivity index (χ0n) is 9.56. The van der Waals surface area contributed by atoms with Crippen molar-refractivity contribution in [3.63, 3.8) is 0 Å². The highest BCUT2D eigenvalue weighted by Gasteiger charge is 2.31. The summed E-state index contributed by atoms with van der Waals surface area (Å²) in [4.78, 5) is 14.8. The number of alkyl halides is 3. The second kappa shape index (κ2) is 4.71. The van der Waals surface area contributed by atoms with E-state index in [2.05, 4.69) is 19.4 Å². The van der Waals surface area contributed by atoms with Crippen LogP contribution in [0.5, 0.6) is 5.75 Å². The van der Waals surface area contributed by atoms with Gasteiger partial charge >= 0.3 is 6.36 Å². The number of benzene rings is 1. The molecule has 0 atom stereocenters. The van der Waals surface area contributed by atoms with Crippen molar-refractivity contribution < 1.29 is 27.2 Å². The minimum atomic E-state index is -4.74. The molecule has 0 fully saturated rings. The Balaban J connectivity index is 2.20. The smallest absolute Gasteiger partial charge is 0.406 e. The highest BCUT2D eigenvalue weighted by atomic mass is 19.4. The second-order valence-electron chi connectivity index (χ2n) is 3.55. The SMILES string of the molecule is CC(=O)c1nc(-c2ccc(OC(F)(F)F)cc2)no1. The van der Waals surface area contributed by atoms with E-state index >= 15 is 0 Å². The second-order valence-corrected chi connectivity index (χ2v) is 3.55. The van der Waals surface area contributed by atoms with Gasteiger partial charge in [0.25, 0.3) is 5.89 Å². The van der Waals surface area contributed by atoms with Crippen LogP contribution in [0.3, 0.4) is 0 Å². The minimum Gasteiger partial charge on any atom is -0.406 e. The van der Waals surface area contributed by atoms with Crippen LogP contribution < -0.4 is 4.74 Å². The third kappa shape index (κ3) is 3.30. The summed E-state index contributed by atoms with van der Waals surface area (Å²) in [7, 11) is 0. The highest BCUT2D eigenvalue weighted by Crippen LogP contribution is 2.25. The fourth-order valence-electron chi connectivity index (χ4n) is 1.29. The van der Waals surface area contributed by atoms with E-state index in [9.17, 15) is 18.0 Å². The molecule has 0 N–H and O–H groups in total. The molecule has 5 nitrogen and oxygen atoms in total. The average Bonchev–Trinajstić information content (AvgIpc) is 2.77. The zero-order chi connectivity index (χ0) is 14.0. The van der Waals surface area contributed by atoms with E-state index in [4.69, 9.17) is 0 Å². The number of ketones is 1. The van der Waals surface area contributed by atoms with Crippen molar-refractivity contribution in [2.75, 3.05) is 0 Å². The quantitative estimate of drug-likeness (QED) is 0.804. The first-order valence-electron chi connectivity index (χ1n) is 5.06. The molecule has 0 aliphatic heterocycles. The summed E-state index contributed by atoms with van der Waals surface area (Å²) < 4.78 is 44.3.